The second-order valence-corrected chi connectivity index (χ2v) is 3.35. The molecule has 14 heavy (non-hydrogen) atoms. The molecular formula is C12H9NO. The molecule has 68 valence electrons. The molecule has 0 amide bonds. The minimum atomic E-state index is 0.344. The Labute approximate surface area is 81.2 Å². The molecule has 3 rings (SSSR count). The van der Waals surface area contributed by atoms with Crippen LogP contribution in [-0.2, 0) is 0 Å². The normalized spacial score (nSPS) is 11.1. The number of fused-ring (bicyclic) bond motifs is 3. The van der Waals surface area contributed by atoms with Gasteiger partial charge in [-0.05, 0) is 11.5 Å². The predicted octanol–water partition coefficient (Wildman–Crippen LogP) is 2.98. The van der Waals surface area contributed by atoms with E-state index in [4.69, 9.17) is 0 Å². The van der Waals surface area contributed by atoms with E-state index in [1.54, 1.807) is 0 Å². The Kier molecular flexibility index (Phi) is 1.34. The lowest BCUT2D eigenvalue weighted by atomic mass is 10.1. The number of hydrogen-bond donors (Lipinski definition) is 2. The van der Waals surface area contributed by atoms with Crippen LogP contribution in [0.1, 0.15) is 0 Å². The highest BCUT2D eigenvalue weighted by Crippen LogP contribution is 2.41. The van der Waals surface area contributed by atoms with Gasteiger partial charge in [-0.25, -0.2) is 0 Å². The highest BCUT2D eigenvalue weighted by molar-refractivity contribution is 6.06. The van der Waals surface area contributed by atoms with Crippen LogP contribution >= 0.6 is 0 Å². The van der Waals surface area contributed by atoms with Gasteiger partial charge in [0, 0.05) is 17.1 Å². The zero-order valence-electron chi connectivity index (χ0n) is 7.49. The van der Waals surface area contributed by atoms with E-state index in [0.29, 0.717) is 5.75 Å². The maximum atomic E-state index is 9.92. The average Bonchev–Trinajstić information content (AvgIpc) is 2.55. The first-order valence-corrected chi connectivity index (χ1v) is 4.54. The first-order valence-electron chi connectivity index (χ1n) is 4.54. The topological polar surface area (TPSA) is 36.0 Å². The zero-order valence-corrected chi connectivity index (χ0v) is 7.49. The Morgan fingerprint density at radius 2 is 1.71 bits per heavy atom. The van der Waals surface area contributed by atoms with Crippen molar-refractivity contribution in [3.05, 3.63) is 42.6 Å². The van der Waals surface area contributed by atoms with Crippen molar-refractivity contribution in [2.24, 2.45) is 0 Å². The molecular weight excluding hydrogens is 174 g/mol. The molecule has 1 aliphatic heterocycles. The van der Waals surface area contributed by atoms with E-state index in [9.17, 15) is 5.11 Å². The van der Waals surface area contributed by atoms with Gasteiger partial charge in [0.05, 0.1) is 5.69 Å². The van der Waals surface area contributed by atoms with Gasteiger partial charge in [-0.15, -0.1) is 0 Å². The molecule has 2 nitrogen and oxygen atoms in total. The number of aromatic amines is 1. The van der Waals surface area contributed by atoms with Crippen LogP contribution < -0.4 is 0 Å². The van der Waals surface area contributed by atoms with Gasteiger partial charge >= 0.3 is 0 Å². The van der Waals surface area contributed by atoms with Crippen LogP contribution in [0.5, 0.6) is 5.75 Å². The Morgan fingerprint density at radius 1 is 0.929 bits per heavy atom. The highest BCUT2D eigenvalue weighted by atomic mass is 16.3. The first-order chi connectivity index (χ1) is 6.88. The van der Waals surface area contributed by atoms with Crippen molar-refractivity contribution in [1.29, 1.82) is 0 Å². The Bertz CT molecular complexity index is 568. The van der Waals surface area contributed by atoms with Gasteiger partial charge < -0.3 is 10.1 Å². The van der Waals surface area contributed by atoms with Crippen LogP contribution in [0.15, 0.2) is 42.6 Å². The monoisotopic (exact) mass is 183 g/mol. The second kappa shape index (κ2) is 2.51. The SMILES string of the molecule is Oc1c2[nH]cccc-2c2ccccc12. The fraction of sp³-hybridized carbons (Fsp3) is 0. The average molecular weight is 183 g/mol. The molecule has 1 heterocycles. The third-order valence-electron chi connectivity index (χ3n) is 2.57. The largest absolute Gasteiger partial charge is 0.505 e. The molecule has 2 heteroatoms. The van der Waals surface area contributed by atoms with E-state index in [2.05, 4.69) is 4.98 Å². The van der Waals surface area contributed by atoms with E-state index >= 15 is 0 Å². The van der Waals surface area contributed by atoms with Gasteiger partial charge in [-0.2, -0.15) is 0 Å². The van der Waals surface area contributed by atoms with Crippen LogP contribution in [0.2, 0.25) is 0 Å². The number of pyridine rings is 1. The van der Waals surface area contributed by atoms with Gasteiger partial charge in [0.25, 0.3) is 0 Å². The quantitative estimate of drug-likeness (QED) is 0.552. The van der Waals surface area contributed by atoms with Gasteiger partial charge in [-0.1, -0.05) is 30.3 Å². The van der Waals surface area contributed by atoms with Gasteiger partial charge in [-0.3, -0.25) is 0 Å². The third-order valence-corrected chi connectivity index (χ3v) is 2.57. The summed E-state index contributed by atoms with van der Waals surface area (Å²) in [5, 5.41) is 11.9. The summed E-state index contributed by atoms with van der Waals surface area (Å²) in [7, 11) is 0. The summed E-state index contributed by atoms with van der Waals surface area (Å²) in [4.78, 5) is 3.06. The number of rotatable bonds is 0. The van der Waals surface area contributed by atoms with Crippen molar-refractivity contribution in [2.75, 3.05) is 0 Å². The number of aromatic nitrogens is 1. The fourth-order valence-corrected chi connectivity index (χ4v) is 1.92. The minimum Gasteiger partial charge on any atom is -0.505 e. The summed E-state index contributed by atoms with van der Waals surface area (Å²) in [5.41, 5.74) is 1.88. The van der Waals surface area contributed by atoms with Crippen molar-refractivity contribution < 1.29 is 5.11 Å². The lowest BCUT2D eigenvalue weighted by molar-refractivity contribution is 0.483. The summed E-state index contributed by atoms with van der Waals surface area (Å²) in [6.45, 7) is 0. The van der Waals surface area contributed by atoms with Crippen LogP contribution in [0.25, 0.3) is 22.0 Å². The molecule has 0 radical (unpaired) electrons. The number of nitrogens with one attached hydrogen (secondary N) is 1. The van der Waals surface area contributed by atoms with Crippen molar-refractivity contribution in [1.82, 2.24) is 4.98 Å². The highest BCUT2D eigenvalue weighted by Gasteiger charge is 2.15. The van der Waals surface area contributed by atoms with Gasteiger partial charge in [0.15, 0.2) is 0 Å². The second-order valence-electron chi connectivity index (χ2n) is 3.35. The molecule has 0 spiro atoms. The van der Waals surface area contributed by atoms with Crippen LogP contribution in [0, 0.1) is 0 Å². The molecule has 2 aliphatic rings. The fourth-order valence-electron chi connectivity index (χ4n) is 1.92. The summed E-state index contributed by atoms with van der Waals surface area (Å²) < 4.78 is 0. The molecule has 1 aromatic rings. The molecule has 0 saturated heterocycles. The number of benzene rings is 1. The molecule has 0 unspecified atom stereocenters. The zero-order chi connectivity index (χ0) is 9.54. The molecule has 0 atom stereocenters. The smallest absolute Gasteiger partial charge is 0.147 e. The minimum absolute atomic E-state index is 0.344. The molecule has 0 aromatic heterocycles. The van der Waals surface area contributed by atoms with Crippen molar-refractivity contribution in [3.63, 3.8) is 0 Å². The summed E-state index contributed by atoms with van der Waals surface area (Å²) in [5.74, 6) is 0.344. The van der Waals surface area contributed by atoms with Crippen LogP contribution in [-0.4, -0.2) is 10.1 Å². The standard InChI is InChI=1S/C12H9NO/c14-12-10-5-2-1-4-8(10)9-6-3-7-13-11(9)12/h1-7,13-14H. The lowest BCUT2D eigenvalue weighted by Crippen LogP contribution is -1.77. The molecule has 2 N–H and O–H groups in total. The van der Waals surface area contributed by atoms with Gasteiger partial charge in [0.1, 0.15) is 5.75 Å². The Hall–Kier alpha value is -1.96. The number of aromatic hydroxyl groups is 1. The molecule has 0 bridgehead atoms. The summed E-state index contributed by atoms with van der Waals surface area (Å²) >= 11 is 0. The third kappa shape index (κ3) is 0.799. The molecule has 0 fully saturated rings. The van der Waals surface area contributed by atoms with Crippen LogP contribution in [0.4, 0.5) is 0 Å². The van der Waals surface area contributed by atoms with E-state index in [1.807, 2.05) is 42.6 Å². The van der Waals surface area contributed by atoms with E-state index in [-0.39, 0.29) is 0 Å². The van der Waals surface area contributed by atoms with Gasteiger partial charge in [0.2, 0.25) is 0 Å². The van der Waals surface area contributed by atoms with Crippen LogP contribution in [0.3, 0.4) is 0 Å². The van der Waals surface area contributed by atoms with E-state index in [0.717, 1.165) is 22.0 Å². The maximum Gasteiger partial charge on any atom is 0.147 e. The van der Waals surface area contributed by atoms with E-state index in [1.165, 1.54) is 0 Å². The first kappa shape index (κ1) is 7.44. The van der Waals surface area contributed by atoms with Crippen molar-refractivity contribution in [3.8, 4) is 17.0 Å². The van der Waals surface area contributed by atoms with Crippen molar-refractivity contribution in [2.45, 2.75) is 0 Å². The maximum absolute atomic E-state index is 9.92. The summed E-state index contributed by atoms with van der Waals surface area (Å²) in [6.07, 6.45) is 1.82. The molecule has 0 saturated carbocycles. The molecule has 1 aromatic carbocycles. The number of hydrogen-bond acceptors (Lipinski definition) is 1. The Balaban J connectivity index is 2.61. The summed E-state index contributed by atoms with van der Waals surface area (Å²) in [6, 6.07) is 11.8. The Morgan fingerprint density at radius 3 is 2.57 bits per heavy atom. The lowest BCUT2D eigenvalue weighted by Gasteiger charge is -1.97. The van der Waals surface area contributed by atoms with Crippen molar-refractivity contribution >= 4 is 10.8 Å². The molecule has 1 aliphatic carbocycles. The number of H-pyrrole nitrogens is 1. The van der Waals surface area contributed by atoms with E-state index < -0.39 is 0 Å². The predicted molar refractivity (Wildman–Crippen MR) is 56.6 cm³/mol.